The van der Waals surface area contributed by atoms with Gasteiger partial charge in [0.2, 0.25) is 0 Å². The smallest absolute Gasteiger partial charge is 0.262 e. The van der Waals surface area contributed by atoms with Gasteiger partial charge < -0.3 is 14.8 Å². The minimum Gasteiger partial charge on any atom is -0.495 e. The summed E-state index contributed by atoms with van der Waals surface area (Å²) >= 11 is 6.06. The molecule has 7 nitrogen and oxygen atoms in total. The van der Waals surface area contributed by atoms with Crippen molar-refractivity contribution < 1.29 is 22.7 Å². The number of halogens is 1. The average molecular weight is 497 g/mol. The third kappa shape index (κ3) is 5.41. The van der Waals surface area contributed by atoms with Gasteiger partial charge in [-0.3, -0.25) is 9.52 Å². The summed E-state index contributed by atoms with van der Waals surface area (Å²) in [6.45, 7) is -0.224. The minimum absolute atomic E-state index is 0.0343. The number of carbonyl (C=O) groups is 1. The second kappa shape index (κ2) is 10.0. The fourth-order valence-electron chi connectivity index (χ4n) is 3.33. The second-order valence-corrected chi connectivity index (χ2v) is 9.38. The fourth-order valence-corrected chi connectivity index (χ4v) is 4.64. The van der Waals surface area contributed by atoms with Gasteiger partial charge >= 0.3 is 0 Å². The van der Waals surface area contributed by atoms with Crippen LogP contribution in [0.5, 0.6) is 11.5 Å². The lowest BCUT2D eigenvalue weighted by molar-refractivity contribution is -0.118. The number of nitrogens with one attached hydrogen (secondary N) is 2. The predicted octanol–water partition coefficient (Wildman–Crippen LogP) is 5.32. The van der Waals surface area contributed by atoms with Crippen molar-refractivity contribution in [1.29, 1.82) is 0 Å². The van der Waals surface area contributed by atoms with Crippen LogP contribution in [0.15, 0.2) is 89.8 Å². The molecule has 0 radical (unpaired) electrons. The Morgan fingerprint density at radius 3 is 2.41 bits per heavy atom. The number of sulfonamides is 1. The van der Waals surface area contributed by atoms with Crippen LogP contribution in [0.1, 0.15) is 0 Å². The van der Waals surface area contributed by atoms with Crippen molar-refractivity contribution in [1.82, 2.24) is 0 Å². The van der Waals surface area contributed by atoms with Crippen molar-refractivity contribution in [2.24, 2.45) is 0 Å². The summed E-state index contributed by atoms with van der Waals surface area (Å²) in [5, 5.41) is 5.07. The molecule has 4 aromatic rings. The Labute approximate surface area is 202 Å². The van der Waals surface area contributed by atoms with E-state index in [4.69, 9.17) is 21.1 Å². The van der Waals surface area contributed by atoms with E-state index in [2.05, 4.69) is 10.0 Å². The number of benzene rings is 4. The number of hydrogen-bond donors (Lipinski definition) is 2. The normalized spacial score (nSPS) is 11.1. The van der Waals surface area contributed by atoms with E-state index in [1.807, 2.05) is 42.5 Å². The maximum Gasteiger partial charge on any atom is 0.262 e. The fraction of sp³-hybridized carbons (Fsp3) is 0.0800. The van der Waals surface area contributed by atoms with Crippen molar-refractivity contribution >= 4 is 49.7 Å². The summed E-state index contributed by atoms with van der Waals surface area (Å²) in [5.74, 6) is 0.473. The van der Waals surface area contributed by atoms with E-state index >= 15 is 0 Å². The lowest BCUT2D eigenvalue weighted by atomic mass is 10.1. The molecule has 0 bridgehead atoms. The first-order chi connectivity index (χ1) is 16.4. The topological polar surface area (TPSA) is 93.7 Å². The highest BCUT2D eigenvalue weighted by Gasteiger charge is 2.15. The van der Waals surface area contributed by atoms with Crippen molar-refractivity contribution in [2.75, 3.05) is 23.8 Å². The molecular formula is C25H21ClN2O5S. The summed E-state index contributed by atoms with van der Waals surface area (Å²) in [6.07, 6.45) is 0. The van der Waals surface area contributed by atoms with Crippen LogP contribution < -0.4 is 19.5 Å². The molecule has 0 unspecified atom stereocenters. The van der Waals surface area contributed by atoms with Crippen LogP contribution in [0.2, 0.25) is 5.02 Å². The molecule has 0 atom stereocenters. The molecule has 0 aromatic heterocycles. The molecule has 0 aliphatic rings. The molecule has 4 rings (SSSR count). The van der Waals surface area contributed by atoms with Gasteiger partial charge in [0.05, 0.1) is 22.7 Å². The standard InChI is InChI=1S/C25H21ClN2O5S/c1-32-24-14-9-18(15-22(24)26)28-34(30,31)20-12-10-19(11-13-20)33-16-25(29)27-23-8-4-6-17-5-2-3-7-21(17)23/h2-15,28H,16H2,1H3,(H,27,29). The van der Waals surface area contributed by atoms with Gasteiger partial charge in [0.15, 0.2) is 6.61 Å². The zero-order chi connectivity index (χ0) is 24.1. The summed E-state index contributed by atoms with van der Waals surface area (Å²) in [7, 11) is -2.37. The van der Waals surface area contributed by atoms with Gasteiger partial charge in [-0.05, 0) is 53.9 Å². The summed E-state index contributed by atoms with van der Waals surface area (Å²) < 4.78 is 38.4. The molecule has 0 saturated heterocycles. The lowest BCUT2D eigenvalue weighted by Crippen LogP contribution is -2.20. The van der Waals surface area contributed by atoms with E-state index in [0.29, 0.717) is 22.9 Å². The third-order valence-electron chi connectivity index (χ3n) is 4.97. The Morgan fingerprint density at radius 1 is 0.941 bits per heavy atom. The minimum atomic E-state index is -3.84. The van der Waals surface area contributed by atoms with E-state index in [0.717, 1.165) is 10.8 Å². The van der Waals surface area contributed by atoms with E-state index < -0.39 is 10.0 Å². The molecule has 0 spiro atoms. The van der Waals surface area contributed by atoms with Crippen molar-refractivity contribution in [3.8, 4) is 11.5 Å². The Bertz CT molecular complexity index is 1430. The molecule has 1 amide bonds. The number of anilines is 2. The number of ether oxygens (including phenoxy) is 2. The highest BCUT2D eigenvalue weighted by molar-refractivity contribution is 7.92. The van der Waals surface area contributed by atoms with Gasteiger partial charge in [-0.25, -0.2) is 8.42 Å². The van der Waals surface area contributed by atoms with Gasteiger partial charge in [-0.1, -0.05) is 48.0 Å². The van der Waals surface area contributed by atoms with Crippen LogP contribution in [0.3, 0.4) is 0 Å². The molecule has 0 fully saturated rings. The van der Waals surface area contributed by atoms with Crippen molar-refractivity contribution in [2.45, 2.75) is 4.90 Å². The van der Waals surface area contributed by atoms with E-state index in [-0.39, 0.29) is 22.4 Å². The van der Waals surface area contributed by atoms with E-state index in [1.54, 1.807) is 12.1 Å². The highest BCUT2D eigenvalue weighted by Crippen LogP contribution is 2.29. The van der Waals surface area contributed by atoms with Gasteiger partial charge in [0.1, 0.15) is 11.5 Å². The molecule has 0 aliphatic heterocycles. The molecular weight excluding hydrogens is 476 g/mol. The Kier molecular flexibility index (Phi) is 6.90. The maximum atomic E-state index is 12.7. The highest BCUT2D eigenvalue weighted by atomic mass is 35.5. The number of methoxy groups -OCH3 is 1. The van der Waals surface area contributed by atoms with Crippen LogP contribution >= 0.6 is 11.6 Å². The molecule has 174 valence electrons. The van der Waals surface area contributed by atoms with Crippen LogP contribution in [0.4, 0.5) is 11.4 Å². The number of fused-ring (bicyclic) bond motifs is 1. The summed E-state index contributed by atoms with van der Waals surface area (Å²) in [4.78, 5) is 12.4. The molecule has 0 aliphatic carbocycles. The zero-order valence-electron chi connectivity index (χ0n) is 18.1. The van der Waals surface area contributed by atoms with Gasteiger partial charge in [0, 0.05) is 11.1 Å². The second-order valence-electron chi connectivity index (χ2n) is 7.29. The largest absolute Gasteiger partial charge is 0.495 e. The molecule has 0 heterocycles. The number of rotatable bonds is 8. The lowest BCUT2D eigenvalue weighted by Gasteiger charge is -2.11. The molecule has 34 heavy (non-hydrogen) atoms. The quantitative estimate of drug-likeness (QED) is 0.344. The number of carbonyl (C=O) groups excluding carboxylic acids is 1. The Balaban J connectivity index is 1.37. The van der Waals surface area contributed by atoms with Crippen molar-refractivity contribution in [3.63, 3.8) is 0 Å². The average Bonchev–Trinajstić information content (AvgIpc) is 2.83. The van der Waals surface area contributed by atoms with Crippen LogP contribution in [-0.2, 0) is 14.8 Å². The van der Waals surface area contributed by atoms with Crippen LogP contribution in [-0.4, -0.2) is 28.0 Å². The van der Waals surface area contributed by atoms with E-state index in [1.165, 1.54) is 37.4 Å². The molecule has 9 heteroatoms. The first kappa shape index (κ1) is 23.4. The van der Waals surface area contributed by atoms with Gasteiger partial charge in [-0.15, -0.1) is 0 Å². The monoisotopic (exact) mass is 496 g/mol. The first-order valence-corrected chi connectivity index (χ1v) is 12.1. The van der Waals surface area contributed by atoms with E-state index in [9.17, 15) is 13.2 Å². The summed E-state index contributed by atoms with van der Waals surface area (Å²) in [5.41, 5.74) is 0.995. The van der Waals surface area contributed by atoms with Gasteiger partial charge in [0.25, 0.3) is 15.9 Å². The SMILES string of the molecule is COc1ccc(NS(=O)(=O)c2ccc(OCC(=O)Nc3cccc4ccccc34)cc2)cc1Cl. The molecule has 4 aromatic carbocycles. The predicted molar refractivity (Wildman–Crippen MR) is 133 cm³/mol. The third-order valence-corrected chi connectivity index (χ3v) is 6.66. The maximum absolute atomic E-state index is 12.7. The van der Waals surface area contributed by atoms with Crippen molar-refractivity contribution in [3.05, 3.63) is 90.0 Å². The Hall–Kier alpha value is -3.75. The molecule has 0 saturated carbocycles. The first-order valence-electron chi connectivity index (χ1n) is 10.2. The summed E-state index contributed by atoms with van der Waals surface area (Å²) in [6, 6.07) is 23.7. The zero-order valence-corrected chi connectivity index (χ0v) is 19.7. The Morgan fingerprint density at radius 2 is 1.68 bits per heavy atom. The van der Waals surface area contributed by atoms with Crippen LogP contribution in [0.25, 0.3) is 10.8 Å². The number of hydrogen-bond acceptors (Lipinski definition) is 5. The van der Waals surface area contributed by atoms with Crippen LogP contribution in [0, 0.1) is 0 Å². The van der Waals surface area contributed by atoms with Gasteiger partial charge in [-0.2, -0.15) is 0 Å². The number of amides is 1. The molecule has 2 N–H and O–H groups in total.